The molecular formula is C10H13ClN2O3S. The van der Waals surface area contributed by atoms with Crippen molar-refractivity contribution in [2.24, 2.45) is 0 Å². The molecule has 0 aliphatic carbocycles. The molecule has 0 amide bonds. The van der Waals surface area contributed by atoms with Crippen LogP contribution in [0.3, 0.4) is 0 Å². The summed E-state index contributed by atoms with van der Waals surface area (Å²) in [4.78, 5) is 3.99. The average Bonchev–Trinajstić information content (AvgIpc) is 2.25. The van der Waals surface area contributed by atoms with Crippen LogP contribution in [-0.4, -0.2) is 42.7 Å². The van der Waals surface area contributed by atoms with Gasteiger partial charge in [-0.05, 0) is 19.1 Å². The first-order valence-electron chi connectivity index (χ1n) is 5.28. The molecule has 0 unspecified atom stereocenters. The minimum absolute atomic E-state index is 0.115. The molecule has 2 heterocycles. The van der Waals surface area contributed by atoms with E-state index in [0.29, 0.717) is 24.0 Å². The Morgan fingerprint density at radius 1 is 1.59 bits per heavy atom. The molecule has 1 fully saturated rings. The van der Waals surface area contributed by atoms with E-state index < -0.39 is 10.0 Å². The van der Waals surface area contributed by atoms with Crippen LogP contribution in [-0.2, 0) is 10.0 Å². The molecule has 17 heavy (non-hydrogen) atoms. The number of hydrogen-bond acceptors (Lipinski definition) is 4. The normalized spacial score (nSPS) is 17.8. The predicted molar refractivity (Wildman–Crippen MR) is 64.7 cm³/mol. The Morgan fingerprint density at radius 2 is 2.29 bits per heavy atom. The maximum Gasteiger partial charge on any atom is 0.232 e. The maximum absolute atomic E-state index is 11.5. The van der Waals surface area contributed by atoms with Gasteiger partial charge in [0.2, 0.25) is 15.9 Å². The smallest absolute Gasteiger partial charge is 0.232 e. The van der Waals surface area contributed by atoms with E-state index in [-0.39, 0.29) is 11.9 Å². The van der Waals surface area contributed by atoms with E-state index in [1.807, 2.05) is 0 Å². The zero-order valence-corrected chi connectivity index (χ0v) is 10.9. The second kappa shape index (κ2) is 4.80. The number of rotatable bonds is 4. The summed E-state index contributed by atoms with van der Waals surface area (Å²) in [5, 5.41) is 0.435. The number of ether oxygens (including phenoxy) is 1. The Hall–Kier alpha value is -0.850. The van der Waals surface area contributed by atoms with Crippen LogP contribution in [0.25, 0.3) is 0 Å². The first-order chi connectivity index (χ1) is 8.03. The third-order valence-corrected chi connectivity index (χ3v) is 4.68. The number of aromatic nitrogens is 1. The van der Waals surface area contributed by atoms with Gasteiger partial charge in [-0.1, -0.05) is 11.6 Å². The van der Waals surface area contributed by atoms with Gasteiger partial charge in [0, 0.05) is 6.20 Å². The minimum Gasteiger partial charge on any atom is -0.470 e. The van der Waals surface area contributed by atoms with E-state index in [1.54, 1.807) is 25.3 Å². The number of hydrogen-bond donors (Lipinski definition) is 0. The van der Waals surface area contributed by atoms with E-state index in [4.69, 9.17) is 16.3 Å². The lowest BCUT2D eigenvalue weighted by Crippen LogP contribution is -2.56. The largest absolute Gasteiger partial charge is 0.470 e. The molecule has 0 spiro atoms. The lowest BCUT2D eigenvalue weighted by atomic mass is 10.2. The highest BCUT2D eigenvalue weighted by Gasteiger charge is 2.36. The standard InChI is InChI=1S/C10H13ClN2O3S/c1-2-17(14,15)13-6-8(7-13)16-10-9(11)4-3-5-12-10/h3-5,8H,2,6-7H2,1H3. The fourth-order valence-corrected chi connectivity index (χ4v) is 2.82. The van der Waals surface area contributed by atoms with Crippen molar-refractivity contribution in [3.05, 3.63) is 23.4 Å². The quantitative estimate of drug-likeness (QED) is 0.828. The number of nitrogens with zero attached hydrogens (tertiary/aromatic N) is 2. The number of pyridine rings is 1. The van der Waals surface area contributed by atoms with E-state index in [0.717, 1.165) is 0 Å². The van der Waals surface area contributed by atoms with Gasteiger partial charge in [0.15, 0.2) is 0 Å². The predicted octanol–water partition coefficient (Wildman–Crippen LogP) is 1.15. The van der Waals surface area contributed by atoms with Gasteiger partial charge in [-0.15, -0.1) is 0 Å². The third-order valence-electron chi connectivity index (χ3n) is 2.58. The summed E-state index contributed by atoms with van der Waals surface area (Å²) in [5.41, 5.74) is 0. The van der Waals surface area contributed by atoms with E-state index >= 15 is 0 Å². The molecule has 0 saturated carbocycles. The van der Waals surface area contributed by atoms with Crippen molar-refractivity contribution >= 4 is 21.6 Å². The summed E-state index contributed by atoms with van der Waals surface area (Å²) in [7, 11) is -3.10. The molecule has 0 atom stereocenters. The average molecular weight is 277 g/mol. The highest BCUT2D eigenvalue weighted by molar-refractivity contribution is 7.89. The van der Waals surface area contributed by atoms with E-state index in [2.05, 4.69) is 4.98 Å². The lowest BCUT2D eigenvalue weighted by Gasteiger charge is -2.37. The Balaban J connectivity index is 1.92. The van der Waals surface area contributed by atoms with Gasteiger partial charge in [-0.25, -0.2) is 13.4 Å². The second-order valence-corrected chi connectivity index (χ2v) is 6.41. The van der Waals surface area contributed by atoms with Gasteiger partial charge in [-0.3, -0.25) is 0 Å². The van der Waals surface area contributed by atoms with Crippen LogP contribution in [0.15, 0.2) is 18.3 Å². The second-order valence-electron chi connectivity index (χ2n) is 3.75. The van der Waals surface area contributed by atoms with Crippen molar-refractivity contribution < 1.29 is 13.2 Å². The highest BCUT2D eigenvalue weighted by Crippen LogP contribution is 2.24. The fourth-order valence-electron chi connectivity index (χ4n) is 1.50. The van der Waals surface area contributed by atoms with Crippen LogP contribution in [0.4, 0.5) is 0 Å². The van der Waals surface area contributed by atoms with Crippen molar-refractivity contribution in [1.29, 1.82) is 0 Å². The number of sulfonamides is 1. The Kier molecular flexibility index (Phi) is 3.56. The molecular weight excluding hydrogens is 264 g/mol. The molecule has 1 aromatic rings. The summed E-state index contributed by atoms with van der Waals surface area (Å²) in [6, 6.07) is 3.40. The molecule has 0 radical (unpaired) electrons. The first kappa shape index (κ1) is 12.6. The maximum atomic E-state index is 11.5. The van der Waals surface area contributed by atoms with Gasteiger partial charge in [0.25, 0.3) is 0 Å². The zero-order valence-electron chi connectivity index (χ0n) is 9.34. The van der Waals surface area contributed by atoms with Crippen LogP contribution < -0.4 is 4.74 Å². The molecule has 1 aliphatic rings. The van der Waals surface area contributed by atoms with Crippen molar-refractivity contribution in [3.8, 4) is 5.88 Å². The summed E-state index contributed by atoms with van der Waals surface area (Å²) < 4.78 is 29.8. The Labute approximate surface area is 105 Å². The molecule has 0 aromatic carbocycles. The van der Waals surface area contributed by atoms with Crippen molar-refractivity contribution in [3.63, 3.8) is 0 Å². The van der Waals surface area contributed by atoms with Crippen molar-refractivity contribution in [2.45, 2.75) is 13.0 Å². The SMILES string of the molecule is CCS(=O)(=O)N1CC(Oc2ncccc2Cl)C1. The molecule has 1 saturated heterocycles. The summed E-state index contributed by atoms with van der Waals surface area (Å²) >= 11 is 5.88. The van der Waals surface area contributed by atoms with E-state index in [1.165, 1.54) is 4.31 Å². The van der Waals surface area contributed by atoms with Gasteiger partial charge in [0.05, 0.1) is 18.8 Å². The molecule has 5 nitrogen and oxygen atoms in total. The molecule has 1 aliphatic heterocycles. The van der Waals surface area contributed by atoms with Crippen LogP contribution in [0.1, 0.15) is 6.92 Å². The van der Waals surface area contributed by atoms with Crippen molar-refractivity contribution in [1.82, 2.24) is 9.29 Å². The zero-order chi connectivity index (χ0) is 12.5. The molecule has 1 aromatic heterocycles. The fraction of sp³-hybridized carbons (Fsp3) is 0.500. The van der Waals surface area contributed by atoms with Gasteiger partial charge in [0.1, 0.15) is 11.1 Å². The topological polar surface area (TPSA) is 59.5 Å². The van der Waals surface area contributed by atoms with Crippen LogP contribution >= 0.6 is 11.6 Å². The third kappa shape index (κ3) is 2.70. The van der Waals surface area contributed by atoms with Gasteiger partial charge in [-0.2, -0.15) is 4.31 Å². The van der Waals surface area contributed by atoms with E-state index in [9.17, 15) is 8.42 Å². The van der Waals surface area contributed by atoms with Crippen LogP contribution in [0.2, 0.25) is 5.02 Å². The van der Waals surface area contributed by atoms with Crippen LogP contribution in [0, 0.1) is 0 Å². The molecule has 94 valence electrons. The molecule has 7 heteroatoms. The highest BCUT2D eigenvalue weighted by atomic mass is 35.5. The Bertz CT molecular complexity index is 500. The number of halogens is 1. The summed E-state index contributed by atoms with van der Waals surface area (Å²) in [6.07, 6.45) is 1.42. The van der Waals surface area contributed by atoms with Crippen LogP contribution in [0.5, 0.6) is 5.88 Å². The van der Waals surface area contributed by atoms with Crippen molar-refractivity contribution in [2.75, 3.05) is 18.8 Å². The van der Waals surface area contributed by atoms with Gasteiger partial charge >= 0.3 is 0 Å². The lowest BCUT2D eigenvalue weighted by molar-refractivity contribution is 0.0723. The van der Waals surface area contributed by atoms with Gasteiger partial charge < -0.3 is 4.74 Å². The Morgan fingerprint density at radius 3 is 2.88 bits per heavy atom. The molecule has 0 bridgehead atoms. The summed E-state index contributed by atoms with van der Waals surface area (Å²) in [6.45, 7) is 2.35. The molecule has 2 rings (SSSR count). The summed E-state index contributed by atoms with van der Waals surface area (Å²) in [5.74, 6) is 0.470. The minimum atomic E-state index is -3.10. The molecule has 0 N–H and O–H groups in total. The first-order valence-corrected chi connectivity index (χ1v) is 7.26. The monoisotopic (exact) mass is 276 g/mol.